The molecule has 2 aliphatic rings. The first-order chi connectivity index (χ1) is 11.2. The lowest BCUT2D eigenvalue weighted by atomic mass is 10.1. The van der Waals surface area contributed by atoms with E-state index in [0.717, 1.165) is 50.4 Å². The summed E-state index contributed by atoms with van der Waals surface area (Å²) in [5.41, 5.74) is 4.89. The number of hydrogen-bond acceptors (Lipinski definition) is 3. The smallest absolute Gasteiger partial charge is 0.228 e. The third kappa shape index (κ3) is 2.65. The fourth-order valence-electron chi connectivity index (χ4n) is 3.69. The summed E-state index contributed by atoms with van der Waals surface area (Å²) in [5.74, 6) is 0.238. The van der Waals surface area contributed by atoms with Crippen LogP contribution in [0.4, 0.5) is 5.69 Å². The lowest BCUT2D eigenvalue weighted by Crippen LogP contribution is -2.36. The van der Waals surface area contributed by atoms with Crippen molar-refractivity contribution in [3.63, 3.8) is 0 Å². The van der Waals surface area contributed by atoms with Gasteiger partial charge < -0.3 is 9.47 Å². The average Bonchev–Trinajstić information content (AvgIpc) is 3.16. The Balaban J connectivity index is 1.36. The second-order valence-corrected chi connectivity index (χ2v) is 6.45. The van der Waals surface area contributed by atoms with Gasteiger partial charge in [-0.15, -0.1) is 0 Å². The van der Waals surface area contributed by atoms with E-state index in [0.29, 0.717) is 6.42 Å². The number of imidazole rings is 1. The molecule has 0 aliphatic carbocycles. The summed E-state index contributed by atoms with van der Waals surface area (Å²) in [7, 11) is 2.05. The first-order valence-electron chi connectivity index (χ1n) is 8.32. The number of para-hydroxylation sites is 1. The van der Waals surface area contributed by atoms with Gasteiger partial charge in [0.2, 0.25) is 5.91 Å². The number of anilines is 1. The molecule has 0 radical (unpaired) electrons. The number of hydrogen-bond donors (Lipinski definition) is 0. The minimum absolute atomic E-state index is 0.238. The third-order valence-corrected chi connectivity index (χ3v) is 5.01. The van der Waals surface area contributed by atoms with Crippen molar-refractivity contribution in [3.05, 3.63) is 47.5 Å². The molecule has 0 saturated carbocycles. The van der Waals surface area contributed by atoms with Crippen LogP contribution in [0.5, 0.6) is 0 Å². The highest BCUT2D eigenvalue weighted by atomic mass is 16.2. The largest absolute Gasteiger partial charge is 0.337 e. The minimum Gasteiger partial charge on any atom is -0.337 e. The third-order valence-electron chi connectivity index (χ3n) is 5.01. The molecule has 1 amide bonds. The Hall–Kier alpha value is -2.14. The standard InChI is InChI=1S/C18H22N4O/c1-20-13-19-15-12-21(9-7-17(15)20)10-8-18(23)22-11-6-14-4-2-3-5-16(14)22/h2-5,13H,6-12H2,1H3. The Morgan fingerprint density at radius 1 is 1.22 bits per heavy atom. The van der Waals surface area contributed by atoms with E-state index in [9.17, 15) is 4.79 Å². The number of aromatic nitrogens is 2. The van der Waals surface area contributed by atoms with Crippen molar-refractivity contribution < 1.29 is 4.79 Å². The molecule has 0 atom stereocenters. The molecule has 1 aromatic heterocycles. The van der Waals surface area contributed by atoms with E-state index in [4.69, 9.17) is 0 Å². The highest BCUT2D eigenvalue weighted by Crippen LogP contribution is 2.28. The molecule has 0 spiro atoms. The molecule has 5 nitrogen and oxygen atoms in total. The van der Waals surface area contributed by atoms with Crippen LogP contribution in [0.3, 0.4) is 0 Å². The number of amides is 1. The molecule has 2 aromatic rings. The van der Waals surface area contributed by atoms with Gasteiger partial charge in [0.25, 0.3) is 0 Å². The topological polar surface area (TPSA) is 41.4 Å². The maximum Gasteiger partial charge on any atom is 0.228 e. The molecule has 0 N–H and O–H groups in total. The van der Waals surface area contributed by atoms with Gasteiger partial charge in [0.1, 0.15) is 0 Å². The van der Waals surface area contributed by atoms with Gasteiger partial charge in [-0.2, -0.15) is 0 Å². The van der Waals surface area contributed by atoms with Crippen molar-refractivity contribution in [2.45, 2.75) is 25.8 Å². The molecule has 4 rings (SSSR count). The highest BCUT2D eigenvalue weighted by molar-refractivity contribution is 5.95. The first-order valence-corrected chi connectivity index (χ1v) is 8.32. The molecule has 0 bridgehead atoms. The second kappa shape index (κ2) is 5.81. The number of nitrogens with zero attached hydrogens (tertiary/aromatic N) is 4. The lowest BCUT2D eigenvalue weighted by molar-refractivity contribution is -0.118. The Kier molecular flexibility index (Phi) is 3.65. The normalized spacial score (nSPS) is 17.2. The van der Waals surface area contributed by atoms with E-state index in [1.165, 1.54) is 11.3 Å². The van der Waals surface area contributed by atoms with Gasteiger partial charge in [-0.25, -0.2) is 4.98 Å². The number of benzene rings is 1. The van der Waals surface area contributed by atoms with Gasteiger partial charge in [0.15, 0.2) is 0 Å². The number of rotatable bonds is 3. The zero-order valence-electron chi connectivity index (χ0n) is 13.5. The van der Waals surface area contributed by atoms with Crippen molar-refractivity contribution in [2.75, 3.05) is 24.5 Å². The van der Waals surface area contributed by atoms with Gasteiger partial charge in [0.05, 0.1) is 12.0 Å². The molecular weight excluding hydrogens is 288 g/mol. The molecule has 2 aliphatic heterocycles. The quantitative estimate of drug-likeness (QED) is 0.867. The molecule has 1 aromatic carbocycles. The van der Waals surface area contributed by atoms with Crippen LogP contribution in [0.1, 0.15) is 23.4 Å². The summed E-state index contributed by atoms with van der Waals surface area (Å²) in [4.78, 5) is 21.3. The Labute approximate surface area is 136 Å². The minimum atomic E-state index is 0.238. The van der Waals surface area contributed by atoms with E-state index < -0.39 is 0 Å². The summed E-state index contributed by atoms with van der Waals surface area (Å²) < 4.78 is 2.11. The fourth-order valence-corrected chi connectivity index (χ4v) is 3.69. The van der Waals surface area contributed by atoms with Gasteiger partial charge in [0, 0.05) is 57.4 Å². The Bertz CT molecular complexity index is 736. The first kappa shape index (κ1) is 14.5. The van der Waals surface area contributed by atoms with Gasteiger partial charge >= 0.3 is 0 Å². The van der Waals surface area contributed by atoms with Crippen LogP contribution in [-0.2, 0) is 31.2 Å². The monoisotopic (exact) mass is 310 g/mol. The van der Waals surface area contributed by atoms with E-state index >= 15 is 0 Å². The van der Waals surface area contributed by atoms with Crippen LogP contribution >= 0.6 is 0 Å². The van der Waals surface area contributed by atoms with Crippen molar-refractivity contribution in [1.29, 1.82) is 0 Å². The number of carbonyl (C=O) groups is 1. The maximum absolute atomic E-state index is 12.6. The number of aryl methyl sites for hydroxylation is 1. The summed E-state index contributed by atoms with van der Waals surface area (Å²) >= 11 is 0. The summed E-state index contributed by atoms with van der Waals surface area (Å²) in [5, 5.41) is 0. The predicted molar refractivity (Wildman–Crippen MR) is 89.3 cm³/mol. The molecule has 0 saturated heterocycles. The van der Waals surface area contributed by atoms with Crippen LogP contribution < -0.4 is 4.90 Å². The maximum atomic E-state index is 12.6. The summed E-state index contributed by atoms with van der Waals surface area (Å²) in [6, 6.07) is 8.24. The van der Waals surface area contributed by atoms with E-state index in [2.05, 4.69) is 33.6 Å². The summed E-state index contributed by atoms with van der Waals surface area (Å²) in [6.07, 6.45) is 4.46. The molecule has 23 heavy (non-hydrogen) atoms. The van der Waals surface area contributed by atoms with E-state index in [-0.39, 0.29) is 5.91 Å². The summed E-state index contributed by atoms with van der Waals surface area (Å²) in [6.45, 7) is 3.51. The lowest BCUT2D eigenvalue weighted by Gasteiger charge is -2.27. The van der Waals surface area contributed by atoms with Crippen molar-refractivity contribution in [2.24, 2.45) is 7.05 Å². The number of fused-ring (bicyclic) bond motifs is 2. The Morgan fingerprint density at radius 2 is 2.09 bits per heavy atom. The molecular formula is C18H22N4O. The van der Waals surface area contributed by atoms with Crippen LogP contribution in [0.15, 0.2) is 30.6 Å². The van der Waals surface area contributed by atoms with Crippen LogP contribution in [0.2, 0.25) is 0 Å². The predicted octanol–water partition coefficient (Wildman–Crippen LogP) is 1.76. The van der Waals surface area contributed by atoms with Crippen molar-refractivity contribution >= 4 is 11.6 Å². The van der Waals surface area contributed by atoms with Gasteiger partial charge in [-0.3, -0.25) is 9.69 Å². The SMILES string of the molecule is Cn1cnc2c1CCN(CCC(=O)N1CCc3ccccc31)C2. The molecule has 120 valence electrons. The van der Waals surface area contributed by atoms with Crippen molar-refractivity contribution in [3.8, 4) is 0 Å². The highest BCUT2D eigenvalue weighted by Gasteiger charge is 2.25. The fraction of sp³-hybridized carbons (Fsp3) is 0.444. The molecule has 0 fully saturated rings. The second-order valence-electron chi connectivity index (χ2n) is 6.45. The van der Waals surface area contributed by atoms with E-state index in [1.54, 1.807) is 0 Å². The number of carbonyl (C=O) groups excluding carboxylic acids is 1. The molecule has 3 heterocycles. The van der Waals surface area contributed by atoms with Crippen LogP contribution in [-0.4, -0.2) is 40.0 Å². The van der Waals surface area contributed by atoms with Crippen LogP contribution in [0.25, 0.3) is 0 Å². The zero-order valence-corrected chi connectivity index (χ0v) is 13.5. The van der Waals surface area contributed by atoms with Gasteiger partial charge in [-0.05, 0) is 18.1 Å². The van der Waals surface area contributed by atoms with Gasteiger partial charge in [-0.1, -0.05) is 18.2 Å². The molecule has 5 heteroatoms. The van der Waals surface area contributed by atoms with Crippen LogP contribution in [0, 0.1) is 0 Å². The Morgan fingerprint density at radius 3 is 3.00 bits per heavy atom. The van der Waals surface area contributed by atoms with Crippen molar-refractivity contribution in [1.82, 2.24) is 14.5 Å². The molecule has 0 unspecified atom stereocenters. The average molecular weight is 310 g/mol. The zero-order chi connectivity index (χ0) is 15.8. The van der Waals surface area contributed by atoms with E-state index in [1.807, 2.05) is 23.4 Å².